The van der Waals surface area contributed by atoms with Gasteiger partial charge in [0.15, 0.2) is 0 Å². The molecule has 3 atom stereocenters. The standard InChI is InChI=1S/C23H37N/c1-18(2)9-10-19(3)15-21-7-6-8-22(12-11-21)16-23(5)14-13-20(4)17-24-23/h13,17,21-22H,1,3,6-12,14-16H2,2,4-5H3. The second-order valence-corrected chi connectivity index (χ2v) is 8.76. The zero-order valence-corrected chi connectivity index (χ0v) is 16.2. The van der Waals surface area contributed by atoms with Crippen LogP contribution >= 0.6 is 0 Å². The van der Waals surface area contributed by atoms with Crippen LogP contribution in [0.25, 0.3) is 0 Å². The summed E-state index contributed by atoms with van der Waals surface area (Å²) >= 11 is 0. The summed E-state index contributed by atoms with van der Waals surface area (Å²) in [5, 5.41) is 0. The van der Waals surface area contributed by atoms with Gasteiger partial charge in [0.2, 0.25) is 0 Å². The van der Waals surface area contributed by atoms with Gasteiger partial charge in [-0.2, -0.15) is 0 Å². The molecule has 0 aromatic carbocycles. The Hall–Kier alpha value is -1.11. The van der Waals surface area contributed by atoms with Crippen LogP contribution in [0, 0.1) is 11.8 Å². The van der Waals surface area contributed by atoms with Crippen LogP contribution in [0.15, 0.2) is 40.9 Å². The molecule has 0 aromatic heterocycles. The van der Waals surface area contributed by atoms with Gasteiger partial charge < -0.3 is 0 Å². The maximum absolute atomic E-state index is 4.86. The Morgan fingerprint density at radius 2 is 1.88 bits per heavy atom. The van der Waals surface area contributed by atoms with Gasteiger partial charge in [0.25, 0.3) is 0 Å². The normalized spacial score (nSPS) is 30.5. The van der Waals surface area contributed by atoms with E-state index in [4.69, 9.17) is 4.99 Å². The topological polar surface area (TPSA) is 12.4 Å². The summed E-state index contributed by atoms with van der Waals surface area (Å²) in [6, 6.07) is 0. The second-order valence-electron chi connectivity index (χ2n) is 8.76. The van der Waals surface area contributed by atoms with E-state index in [0.717, 1.165) is 31.1 Å². The van der Waals surface area contributed by atoms with Gasteiger partial charge in [-0.1, -0.05) is 49.5 Å². The number of hydrogen-bond acceptors (Lipinski definition) is 1. The van der Waals surface area contributed by atoms with E-state index < -0.39 is 0 Å². The number of nitrogens with zero attached hydrogens (tertiary/aromatic N) is 1. The highest BCUT2D eigenvalue weighted by Crippen LogP contribution is 2.38. The van der Waals surface area contributed by atoms with E-state index in [2.05, 4.69) is 46.2 Å². The van der Waals surface area contributed by atoms with E-state index in [1.165, 1.54) is 61.7 Å². The van der Waals surface area contributed by atoms with Crippen molar-refractivity contribution >= 4 is 6.21 Å². The Bertz CT molecular complexity index is 510. The van der Waals surface area contributed by atoms with Gasteiger partial charge in [-0.15, -0.1) is 6.58 Å². The fourth-order valence-electron chi connectivity index (χ4n) is 4.27. The lowest BCUT2D eigenvalue weighted by atomic mass is 9.81. The van der Waals surface area contributed by atoms with Crippen LogP contribution in [0.2, 0.25) is 0 Å². The first kappa shape index (κ1) is 19.2. The van der Waals surface area contributed by atoms with Crippen molar-refractivity contribution in [3.05, 3.63) is 36.0 Å². The van der Waals surface area contributed by atoms with Crippen LogP contribution < -0.4 is 0 Å². The van der Waals surface area contributed by atoms with Gasteiger partial charge in [-0.3, -0.25) is 4.99 Å². The first-order valence-electron chi connectivity index (χ1n) is 9.89. The van der Waals surface area contributed by atoms with Crippen molar-refractivity contribution in [3.63, 3.8) is 0 Å². The summed E-state index contributed by atoms with van der Waals surface area (Å²) in [5.41, 5.74) is 4.19. The lowest BCUT2D eigenvalue weighted by Gasteiger charge is -2.31. The molecule has 1 nitrogen and oxygen atoms in total. The lowest BCUT2D eigenvalue weighted by Crippen LogP contribution is -2.27. The molecule has 1 saturated carbocycles. The molecule has 0 spiro atoms. The number of hydrogen-bond donors (Lipinski definition) is 0. The molecule has 24 heavy (non-hydrogen) atoms. The third-order valence-electron chi connectivity index (χ3n) is 5.86. The number of rotatable bonds is 7. The molecule has 2 aliphatic rings. The Morgan fingerprint density at radius 3 is 2.54 bits per heavy atom. The van der Waals surface area contributed by atoms with E-state index in [9.17, 15) is 0 Å². The Morgan fingerprint density at radius 1 is 1.17 bits per heavy atom. The Kier molecular flexibility index (Phi) is 7.07. The summed E-state index contributed by atoms with van der Waals surface area (Å²) in [7, 11) is 0. The molecule has 0 N–H and O–H groups in total. The van der Waals surface area contributed by atoms with Crippen LogP contribution in [-0.2, 0) is 0 Å². The number of dihydropyridines is 1. The van der Waals surface area contributed by atoms with Crippen LogP contribution in [0.1, 0.15) is 85.0 Å². The van der Waals surface area contributed by atoms with Gasteiger partial charge in [0, 0.05) is 6.21 Å². The molecule has 134 valence electrons. The highest BCUT2D eigenvalue weighted by Gasteiger charge is 2.29. The molecule has 2 rings (SSSR count). The van der Waals surface area contributed by atoms with Crippen molar-refractivity contribution in [1.29, 1.82) is 0 Å². The fourth-order valence-corrected chi connectivity index (χ4v) is 4.27. The van der Waals surface area contributed by atoms with E-state index >= 15 is 0 Å². The molecule has 0 aromatic rings. The van der Waals surface area contributed by atoms with Crippen molar-refractivity contribution in [3.8, 4) is 0 Å². The molecular weight excluding hydrogens is 290 g/mol. The maximum Gasteiger partial charge on any atom is 0.0617 e. The summed E-state index contributed by atoms with van der Waals surface area (Å²) in [6.45, 7) is 14.9. The quantitative estimate of drug-likeness (QED) is 0.351. The minimum absolute atomic E-state index is 0.148. The van der Waals surface area contributed by atoms with Crippen molar-refractivity contribution < 1.29 is 0 Å². The zero-order chi connectivity index (χ0) is 17.6. The molecule has 1 heterocycles. The van der Waals surface area contributed by atoms with Crippen molar-refractivity contribution in [1.82, 2.24) is 0 Å². The van der Waals surface area contributed by atoms with Crippen molar-refractivity contribution in [2.24, 2.45) is 16.8 Å². The average Bonchev–Trinajstić information content (AvgIpc) is 2.74. The van der Waals surface area contributed by atoms with E-state index in [-0.39, 0.29) is 5.54 Å². The average molecular weight is 328 g/mol. The molecule has 1 fully saturated rings. The van der Waals surface area contributed by atoms with E-state index in [1.807, 2.05) is 0 Å². The third-order valence-corrected chi connectivity index (χ3v) is 5.86. The Balaban J connectivity index is 1.77. The summed E-state index contributed by atoms with van der Waals surface area (Å²) < 4.78 is 0. The molecule has 1 aliphatic heterocycles. The second kappa shape index (κ2) is 8.83. The monoisotopic (exact) mass is 327 g/mol. The van der Waals surface area contributed by atoms with Crippen molar-refractivity contribution in [2.45, 2.75) is 90.5 Å². The summed E-state index contributed by atoms with van der Waals surface area (Å²) in [6.07, 6.45) is 17.2. The van der Waals surface area contributed by atoms with Gasteiger partial charge in [0.05, 0.1) is 5.54 Å². The lowest BCUT2D eigenvalue weighted by molar-refractivity contribution is 0.311. The number of aliphatic imine (C=N–C) groups is 1. The van der Waals surface area contributed by atoms with Gasteiger partial charge >= 0.3 is 0 Å². The largest absolute Gasteiger partial charge is 0.286 e. The van der Waals surface area contributed by atoms with Crippen LogP contribution in [-0.4, -0.2) is 11.8 Å². The first-order valence-corrected chi connectivity index (χ1v) is 9.89. The molecule has 0 amide bonds. The van der Waals surface area contributed by atoms with Crippen molar-refractivity contribution in [2.75, 3.05) is 0 Å². The smallest absolute Gasteiger partial charge is 0.0617 e. The maximum atomic E-state index is 4.86. The van der Waals surface area contributed by atoms with Crippen LogP contribution in [0.4, 0.5) is 0 Å². The molecule has 3 unspecified atom stereocenters. The molecule has 0 saturated heterocycles. The van der Waals surface area contributed by atoms with E-state index in [1.54, 1.807) is 0 Å². The summed E-state index contributed by atoms with van der Waals surface area (Å²) in [5.74, 6) is 1.71. The molecule has 0 bridgehead atoms. The van der Waals surface area contributed by atoms with Crippen LogP contribution in [0.3, 0.4) is 0 Å². The molecular formula is C23H37N. The highest BCUT2D eigenvalue weighted by atomic mass is 14.8. The highest BCUT2D eigenvalue weighted by molar-refractivity contribution is 5.79. The minimum atomic E-state index is 0.148. The van der Waals surface area contributed by atoms with Gasteiger partial charge in [-0.25, -0.2) is 0 Å². The van der Waals surface area contributed by atoms with E-state index in [0.29, 0.717) is 0 Å². The fraction of sp³-hybridized carbons (Fsp3) is 0.696. The number of allylic oxidation sites excluding steroid dienone is 3. The molecule has 0 radical (unpaired) electrons. The molecule has 1 aliphatic carbocycles. The molecule has 1 heteroatoms. The summed E-state index contributed by atoms with van der Waals surface area (Å²) in [4.78, 5) is 4.86. The SMILES string of the molecule is C=C(C)CCC(=C)CC1CCCC(CC2(C)CC=C(C)C=N2)CC1. The zero-order valence-electron chi connectivity index (χ0n) is 16.2. The Labute approximate surface area is 150 Å². The van der Waals surface area contributed by atoms with Gasteiger partial charge in [0.1, 0.15) is 0 Å². The minimum Gasteiger partial charge on any atom is -0.286 e. The predicted molar refractivity (Wildman–Crippen MR) is 108 cm³/mol. The predicted octanol–water partition coefficient (Wildman–Crippen LogP) is 7.06. The van der Waals surface area contributed by atoms with Gasteiger partial charge in [-0.05, 0) is 76.7 Å². The van der Waals surface area contributed by atoms with Crippen LogP contribution in [0.5, 0.6) is 0 Å². The first-order chi connectivity index (χ1) is 11.4. The third kappa shape index (κ3) is 6.42.